The predicted molar refractivity (Wildman–Crippen MR) is 127 cm³/mol. The average molecular weight is 452 g/mol. The van der Waals surface area contributed by atoms with Crippen LogP contribution in [0.1, 0.15) is 46.7 Å². The molecular weight excluding hydrogens is 429 g/mol. The number of nitrogens with one attached hydrogen (secondary N) is 1. The van der Waals surface area contributed by atoms with Crippen molar-refractivity contribution in [2.45, 2.75) is 32.9 Å². The van der Waals surface area contributed by atoms with Crippen LogP contribution < -0.4 is 5.32 Å². The molecule has 6 heteroatoms. The summed E-state index contributed by atoms with van der Waals surface area (Å²) in [6, 6.07) is 21.2. The van der Waals surface area contributed by atoms with Gasteiger partial charge >= 0.3 is 0 Å². The van der Waals surface area contributed by atoms with Crippen LogP contribution in [-0.2, 0) is 6.54 Å². The van der Waals surface area contributed by atoms with Crippen molar-refractivity contribution in [2.24, 2.45) is 0 Å². The van der Waals surface area contributed by atoms with E-state index in [-0.39, 0.29) is 11.9 Å². The molecule has 0 radical (unpaired) electrons. The third-order valence-corrected chi connectivity index (χ3v) is 6.18. The minimum absolute atomic E-state index is 0.0293. The van der Waals surface area contributed by atoms with Gasteiger partial charge in [0.1, 0.15) is 5.82 Å². The molecule has 158 valence electrons. The van der Waals surface area contributed by atoms with E-state index in [1.165, 1.54) is 0 Å². The maximum absolute atomic E-state index is 12.9. The van der Waals surface area contributed by atoms with Crippen molar-refractivity contribution in [3.8, 4) is 0 Å². The number of nitrogens with zero attached hydrogens (tertiary/aromatic N) is 2. The first-order valence-electron chi connectivity index (χ1n) is 10.2. The average Bonchev–Trinajstić information content (AvgIpc) is 3.09. The van der Waals surface area contributed by atoms with E-state index in [2.05, 4.69) is 21.8 Å². The Labute approximate surface area is 191 Å². The topological polar surface area (TPSA) is 46.9 Å². The Hall–Kier alpha value is -2.82. The lowest BCUT2D eigenvalue weighted by atomic mass is 10.0. The lowest BCUT2D eigenvalue weighted by Crippen LogP contribution is -2.28. The molecule has 1 heterocycles. The molecule has 0 saturated heterocycles. The van der Waals surface area contributed by atoms with Crippen molar-refractivity contribution in [3.05, 3.63) is 99.3 Å². The van der Waals surface area contributed by atoms with Gasteiger partial charge in [0.2, 0.25) is 0 Å². The van der Waals surface area contributed by atoms with Crippen LogP contribution in [0.5, 0.6) is 0 Å². The molecule has 1 N–H and O–H groups in total. The number of imidazole rings is 1. The second-order valence-electron chi connectivity index (χ2n) is 7.54. The first kappa shape index (κ1) is 21.4. The molecule has 0 aliphatic heterocycles. The number of fused-ring (bicyclic) bond motifs is 1. The summed E-state index contributed by atoms with van der Waals surface area (Å²) in [6.45, 7) is 4.64. The van der Waals surface area contributed by atoms with Gasteiger partial charge in [-0.2, -0.15) is 0 Å². The van der Waals surface area contributed by atoms with E-state index in [1.807, 2.05) is 67.6 Å². The first-order valence-corrected chi connectivity index (χ1v) is 11.0. The zero-order chi connectivity index (χ0) is 22.0. The Bertz CT molecular complexity index is 1230. The van der Waals surface area contributed by atoms with Crippen molar-refractivity contribution < 1.29 is 4.79 Å². The molecule has 0 spiro atoms. The number of halogens is 2. The fourth-order valence-corrected chi connectivity index (χ4v) is 4.08. The molecule has 1 aromatic heterocycles. The lowest BCUT2D eigenvalue weighted by Gasteiger charge is -2.17. The van der Waals surface area contributed by atoms with Gasteiger partial charge in [-0.1, -0.05) is 66.5 Å². The molecule has 0 saturated carbocycles. The highest BCUT2D eigenvalue weighted by molar-refractivity contribution is 6.42. The smallest absolute Gasteiger partial charge is 0.251 e. The van der Waals surface area contributed by atoms with Gasteiger partial charge < -0.3 is 9.88 Å². The number of benzene rings is 3. The highest BCUT2D eigenvalue weighted by Crippen LogP contribution is 2.25. The van der Waals surface area contributed by atoms with Crippen LogP contribution in [0, 0.1) is 6.92 Å². The third-order valence-electron chi connectivity index (χ3n) is 5.44. The molecule has 1 atom stereocenters. The number of amides is 1. The fraction of sp³-hybridized carbons (Fsp3) is 0.200. The molecule has 3 aromatic carbocycles. The van der Waals surface area contributed by atoms with Gasteiger partial charge in [0.25, 0.3) is 5.91 Å². The molecule has 1 amide bonds. The van der Waals surface area contributed by atoms with E-state index in [4.69, 9.17) is 23.2 Å². The summed E-state index contributed by atoms with van der Waals surface area (Å²) in [5, 5.41) is 4.20. The number of hydrogen-bond acceptors (Lipinski definition) is 2. The van der Waals surface area contributed by atoms with E-state index < -0.39 is 0 Å². The summed E-state index contributed by atoms with van der Waals surface area (Å²) < 4.78 is 2.11. The highest BCUT2D eigenvalue weighted by Gasteiger charge is 2.16. The Morgan fingerprint density at radius 3 is 2.52 bits per heavy atom. The lowest BCUT2D eigenvalue weighted by molar-refractivity contribution is 0.0935. The standard InChI is InChI=1S/C25H23Cl2N3O/c1-3-22(18-7-5-4-6-8-18)29-25(31)19-10-12-24-23(14-19)28-16(2)30(24)15-17-9-11-20(26)21(27)13-17/h4-14,22H,3,15H2,1-2H3,(H,29,31)/t22-/m0/s1. The third kappa shape index (κ3) is 4.60. The molecule has 0 unspecified atom stereocenters. The molecule has 0 fully saturated rings. The second kappa shape index (κ2) is 9.13. The van der Waals surface area contributed by atoms with Crippen molar-refractivity contribution in [1.29, 1.82) is 0 Å². The van der Waals surface area contributed by atoms with Gasteiger partial charge in [-0.05, 0) is 54.8 Å². The molecule has 0 aliphatic carbocycles. The van der Waals surface area contributed by atoms with Gasteiger partial charge in [-0.15, -0.1) is 0 Å². The van der Waals surface area contributed by atoms with E-state index >= 15 is 0 Å². The van der Waals surface area contributed by atoms with Crippen molar-refractivity contribution in [1.82, 2.24) is 14.9 Å². The first-order chi connectivity index (χ1) is 15.0. The molecule has 31 heavy (non-hydrogen) atoms. The zero-order valence-corrected chi connectivity index (χ0v) is 18.9. The van der Waals surface area contributed by atoms with Gasteiger partial charge in [-0.3, -0.25) is 4.79 Å². The Kier molecular flexibility index (Phi) is 6.30. The monoisotopic (exact) mass is 451 g/mol. The number of carbonyl (C=O) groups is 1. The van der Waals surface area contributed by atoms with Crippen LogP contribution in [0.3, 0.4) is 0 Å². The molecule has 4 aromatic rings. The summed E-state index contributed by atoms with van der Waals surface area (Å²) in [5.41, 5.74) is 4.49. The van der Waals surface area contributed by atoms with Crippen LogP contribution in [0.15, 0.2) is 66.7 Å². The van der Waals surface area contributed by atoms with Gasteiger partial charge in [0.15, 0.2) is 0 Å². The predicted octanol–water partition coefficient (Wildman–Crippen LogP) is 6.58. The largest absolute Gasteiger partial charge is 0.345 e. The van der Waals surface area contributed by atoms with E-state index in [0.29, 0.717) is 22.2 Å². The molecule has 4 nitrogen and oxygen atoms in total. The molecule has 4 rings (SSSR count). The number of hydrogen-bond donors (Lipinski definition) is 1. The Morgan fingerprint density at radius 1 is 1.03 bits per heavy atom. The summed E-state index contributed by atoms with van der Waals surface area (Å²) in [6.07, 6.45) is 0.815. The van der Waals surface area contributed by atoms with Crippen LogP contribution >= 0.6 is 23.2 Å². The van der Waals surface area contributed by atoms with Crippen molar-refractivity contribution in [3.63, 3.8) is 0 Å². The summed E-state index contributed by atoms with van der Waals surface area (Å²) in [7, 11) is 0. The van der Waals surface area contributed by atoms with E-state index in [0.717, 1.165) is 34.4 Å². The second-order valence-corrected chi connectivity index (χ2v) is 8.36. The van der Waals surface area contributed by atoms with Gasteiger partial charge in [0.05, 0.1) is 27.1 Å². The van der Waals surface area contributed by atoms with Crippen molar-refractivity contribution in [2.75, 3.05) is 0 Å². The quantitative estimate of drug-likeness (QED) is 0.359. The Balaban J connectivity index is 1.58. The number of rotatable bonds is 6. The molecule has 0 bridgehead atoms. The van der Waals surface area contributed by atoms with Crippen LogP contribution in [0.25, 0.3) is 11.0 Å². The van der Waals surface area contributed by atoms with Crippen molar-refractivity contribution >= 4 is 40.1 Å². The number of aromatic nitrogens is 2. The van der Waals surface area contributed by atoms with E-state index in [9.17, 15) is 4.79 Å². The van der Waals surface area contributed by atoms with Crippen LogP contribution in [-0.4, -0.2) is 15.5 Å². The minimum Gasteiger partial charge on any atom is -0.345 e. The maximum Gasteiger partial charge on any atom is 0.251 e. The Morgan fingerprint density at radius 2 is 1.81 bits per heavy atom. The van der Waals surface area contributed by atoms with Crippen LogP contribution in [0.2, 0.25) is 10.0 Å². The van der Waals surface area contributed by atoms with Crippen LogP contribution in [0.4, 0.5) is 0 Å². The summed E-state index contributed by atoms with van der Waals surface area (Å²) in [4.78, 5) is 17.6. The highest BCUT2D eigenvalue weighted by atomic mass is 35.5. The van der Waals surface area contributed by atoms with Gasteiger partial charge in [-0.25, -0.2) is 4.98 Å². The van der Waals surface area contributed by atoms with Gasteiger partial charge in [0, 0.05) is 12.1 Å². The maximum atomic E-state index is 12.9. The SMILES string of the molecule is CC[C@H](NC(=O)c1ccc2c(c1)nc(C)n2Cc1ccc(Cl)c(Cl)c1)c1ccccc1. The normalized spacial score (nSPS) is 12.1. The fourth-order valence-electron chi connectivity index (χ4n) is 3.76. The van der Waals surface area contributed by atoms with E-state index in [1.54, 1.807) is 6.07 Å². The minimum atomic E-state index is -0.103. The number of aryl methyl sites for hydroxylation is 1. The number of carbonyl (C=O) groups excluding carboxylic acids is 1. The molecular formula is C25H23Cl2N3O. The zero-order valence-electron chi connectivity index (χ0n) is 17.4. The summed E-state index contributed by atoms with van der Waals surface area (Å²) >= 11 is 12.2. The molecule has 0 aliphatic rings. The summed E-state index contributed by atoms with van der Waals surface area (Å²) in [5.74, 6) is 0.767.